The molecule has 0 saturated heterocycles. The molecule has 42 valence electrons. The number of hydrogen-bond donors (Lipinski definition) is 0. The topological polar surface area (TPSA) is 18.5 Å². The first-order valence-electron chi connectivity index (χ1n) is 2.05. The Morgan fingerprint density at radius 1 is 1.50 bits per heavy atom. The van der Waals surface area contributed by atoms with Crippen molar-refractivity contribution in [3.8, 4) is 5.75 Å². The Kier molecular flexibility index (Phi) is 0.961. The highest BCUT2D eigenvalue weighted by atomic mass is 32.2. The molecule has 0 fully saturated rings. The Hall–Kier alpha value is -0.190. The van der Waals surface area contributed by atoms with Crippen LogP contribution in [0, 0.1) is 0 Å². The maximum absolute atomic E-state index is 4.71. The van der Waals surface area contributed by atoms with Gasteiger partial charge in [-0.1, -0.05) is 0 Å². The van der Waals surface area contributed by atoms with Crippen molar-refractivity contribution in [2.75, 3.05) is 0 Å². The smallest absolute Gasteiger partial charge is 0.193 e. The normalized spacial score (nSPS) is 15.5. The summed E-state index contributed by atoms with van der Waals surface area (Å²) in [6.45, 7) is 0. The first kappa shape index (κ1) is 4.67. The van der Waals surface area contributed by atoms with Crippen molar-refractivity contribution in [3.05, 3.63) is 11.4 Å². The fraction of sp³-hybridized carbons (Fsp3) is 0. The van der Waals surface area contributed by atoms with Crippen LogP contribution < -0.4 is 4.89 Å². The summed E-state index contributed by atoms with van der Waals surface area (Å²) in [7, 11) is 0. The van der Waals surface area contributed by atoms with E-state index in [9.17, 15) is 0 Å². The van der Waals surface area contributed by atoms with Crippen LogP contribution in [0.15, 0.2) is 15.7 Å². The summed E-state index contributed by atoms with van der Waals surface area (Å²) in [6, 6.07) is 1.89. The minimum absolute atomic E-state index is 0.847. The van der Waals surface area contributed by atoms with Gasteiger partial charge in [0.15, 0.2) is 5.75 Å². The largest absolute Gasteiger partial charge is 0.323 e. The first-order chi connectivity index (χ1) is 3.97. The highest BCUT2D eigenvalue weighted by molar-refractivity contribution is 7.96. The van der Waals surface area contributed by atoms with E-state index in [1.54, 1.807) is 11.3 Å². The third-order valence-corrected chi connectivity index (χ3v) is 2.50. The van der Waals surface area contributed by atoms with Gasteiger partial charge in [0.05, 0.1) is 12.0 Å². The van der Waals surface area contributed by atoms with Crippen LogP contribution in [-0.4, -0.2) is 0 Å². The molecule has 0 saturated carbocycles. The van der Waals surface area contributed by atoms with E-state index < -0.39 is 0 Å². The molecule has 0 N–H and O–H groups in total. The van der Waals surface area contributed by atoms with E-state index in [0.29, 0.717) is 0 Å². The van der Waals surface area contributed by atoms with E-state index >= 15 is 0 Å². The summed E-state index contributed by atoms with van der Waals surface area (Å²) in [5.41, 5.74) is 0. The van der Waals surface area contributed by atoms with Gasteiger partial charge in [0.25, 0.3) is 0 Å². The molecule has 8 heavy (non-hydrogen) atoms. The van der Waals surface area contributed by atoms with Crippen molar-refractivity contribution in [1.82, 2.24) is 0 Å². The molecule has 4 heteroatoms. The molecule has 0 unspecified atom stereocenters. The minimum Gasteiger partial charge on any atom is -0.323 e. The van der Waals surface area contributed by atoms with Gasteiger partial charge in [-0.2, -0.15) is 0 Å². The molecular weight excluding hydrogens is 144 g/mol. The van der Waals surface area contributed by atoms with Crippen LogP contribution in [0.5, 0.6) is 5.75 Å². The monoisotopic (exact) mass is 146 g/mol. The molecule has 0 atom stereocenters. The van der Waals surface area contributed by atoms with Gasteiger partial charge in [-0.3, -0.25) is 0 Å². The van der Waals surface area contributed by atoms with Gasteiger partial charge >= 0.3 is 0 Å². The van der Waals surface area contributed by atoms with E-state index in [-0.39, 0.29) is 0 Å². The second kappa shape index (κ2) is 1.65. The molecule has 0 bridgehead atoms. The minimum atomic E-state index is 0.847. The van der Waals surface area contributed by atoms with E-state index in [2.05, 4.69) is 4.33 Å². The fourth-order valence-electron chi connectivity index (χ4n) is 0.491. The molecule has 1 aliphatic heterocycles. The summed E-state index contributed by atoms with van der Waals surface area (Å²) < 4.78 is 5.68. The molecule has 0 aliphatic carbocycles. The molecule has 1 aromatic rings. The highest BCUT2D eigenvalue weighted by Crippen LogP contribution is 2.41. The summed E-state index contributed by atoms with van der Waals surface area (Å²) in [5.74, 6) is 0.847. The van der Waals surface area contributed by atoms with Crippen LogP contribution in [0.4, 0.5) is 0 Å². The lowest BCUT2D eigenvalue weighted by atomic mass is 10.6. The summed E-state index contributed by atoms with van der Waals surface area (Å²) in [5, 5.41) is 1.97. The second-order valence-corrected chi connectivity index (χ2v) is 3.19. The van der Waals surface area contributed by atoms with Gasteiger partial charge in [-0.25, -0.2) is 0 Å². The van der Waals surface area contributed by atoms with E-state index in [0.717, 1.165) is 9.96 Å². The van der Waals surface area contributed by atoms with Crippen molar-refractivity contribution in [2.24, 2.45) is 0 Å². The van der Waals surface area contributed by atoms with Crippen LogP contribution in [0.2, 0.25) is 0 Å². The lowest BCUT2D eigenvalue weighted by Crippen LogP contribution is -1.75. The number of thiophene rings is 1. The van der Waals surface area contributed by atoms with Gasteiger partial charge < -0.3 is 4.89 Å². The molecule has 2 nitrogen and oxygen atoms in total. The third kappa shape index (κ3) is 0.538. The average molecular weight is 146 g/mol. The lowest BCUT2D eigenvalue weighted by Gasteiger charge is -1.82. The molecule has 0 radical (unpaired) electrons. The Bertz CT molecular complexity index is 177. The van der Waals surface area contributed by atoms with Crippen molar-refractivity contribution in [2.45, 2.75) is 4.21 Å². The van der Waals surface area contributed by atoms with E-state index in [1.165, 1.54) is 12.0 Å². The SMILES string of the molecule is c1cc2c(s1)SOO2. The number of hydrogen-bond acceptors (Lipinski definition) is 4. The average Bonchev–Trinajstić information content (AvgIpc) is 2.15. The molecule has 1 aromatic heterocycles. The molecule has 2 rings (SSSR count). The van der Waals surface area contributed by atoms with Crippen molar-refractivity contribution >= 4 is 23.4 Å². The zero-order valence-corrected chi connectivity index (χ0v) is 5.42. The summed E-state index contributed by atoms with van der Waals surface area (Å²) in [4.78, 5) is 4.71. The molecule has 0 aromatic carbocycles. The number of rotatable bonds is 0. The van der Waals surface area contributed by atoms with E-state index in [1.807, 2.05) is 11.4 Å². The number of fused-ring (bicyclic) bond motifs is 1. The van der Waals surface area contributed by atoms with Crippen LogP contribution in [0.3, 0.4) is 0 Å². The van der Waals surface area contributed by atoms with Gasteiger partial charge in [0.2, 0.25) is 0 Å². The molecule has 1 aliphatic rings. The maximum atomic E-state index is 4.71. The molecule has 2 heterocycles. The van der Waals surface area contributed by atoms with E-state index in [4.69, 9.17) is 4.89 Å². The molecular formula is C4H2O2S2. The van der Waals surface area contributed by atoms with Gasteiger partial charge in [0, 0.05) is 0 Å². The highest BCUT2D eigenvalue weighted by Gasteiger charge is 2.15. The molecule has 0 amide bonds. The second-order valence-electron chi connectivity index (χ2n) is 1.31. The van der Waals surface area contributed by atoms with Crippen LogP contribution >= 0.6 is 23.4 Å². The predicted octanol–water partition coefficient (Wildman–Crippen LogP) is 2.08. The zero-order chi connectivity index (χ0) is 5.40. The van der Waals surface area contributed by atoms with Crippen LogP contribution in [0.1, 0.15) is 0 Å². The van der Waals surface area contributed by atoms with Crippen molar-refractivity contribution in [1.29, 1.82) is 0 Å². The third-order valence-electron chi connectivity index (χ3n) is 0.829. The summed E-state index contributed by atoms with van der Waals surface area (Å²) in [6.07, 6.45) is 0. The van der Waals surface area contributed by atoms with Gasteiger partial charge in [-0.05, 0) is 11.4 Å². The predicted molar refractivity (Wildman–Crippen MR) is 31.9 cm³/mol. The van der Waals surface area contributed by atoms with Gasteiger partial charge in [0.1, 0.15) is 4.21 Å². The Morgan fingerprint density at radius 2 is 2.50 bits per heavy atom. The zero-order valence-electron chi connectivity index (χ0n) is 3.79. The van der Waals surface area contributed by atoms with Crippen molar-refractivity contribution < 1.29 is 9.22 Å². The quantitative estimate of drug-likeness (QED) is 0.412. The van der Waals surface area contributed by atoms with Gasteiger partial charge in [-0.15, -0.1) is 15.7 Å². The Morgan fingerprint density at radius 3 is 3.38 bits per heavy atom. The molecule has 0 spiro atoms. The maximum Gasteiger partial charge on any atom is 0.193 e. The fourth-order valence-corrected chi connectivity index (χ4v) is 1.78. The first-order valence-corrected chi connectivity index (χ1v) is 3.67. The van der Waals surface area contributed by atoms with Crippen molar-refractivity contribution in [3.63, 3.8) is 0 Å². The Balaban J connectivity index is 2.54. The lowest BCUT2D eigenvalue weighted by molar-refractivity contribution is -0.0681. The summed E-state index contributed by atoms with van der Waals surface area (Å²) >= 11 is 2.90. The van der Waals surface area contributed by atoms with Crippen LogP contribution in [0.25, 0.3) is 0 Å². The van der Waals surface area contributed by atoms with Crippen LogP contribution in [-0.2, 0) is 4.33 Å². The Labute approximate surface area is 54.6 Å². The standard InChI is InChI=1S/C4H2O2S2/c1-2-7-4-3(1)5-6-8-4/h1-2H.